The average molecular weight is 342 g/mol. The Kier molecular flexibility index (Phi) is 5.32. The second-order valence-corrected chi connectivity index (χ2v) is 5.25. The fourth-order valence-electron chi connectivity index (χ4n) is 2.34. The number of carbonyl (C=O) groups excluding carboxylic acids is 3. The van der Waals surface area contributed by atoms with Crippen LogP contribution in [0.5, 0.6) is 5.75 Å². The molecule has 0 bridgehead atoms. The number of hydrogen-bond donors (Lipinski definition) is 1. The number of nitrogens with zero attached hydrogens (tertiary/aromatic N) is 1. The molecule has 1 aromatic carbocycles. The van der Waals surface area contributed by atoms with Crippen LogP contribution in [0.4, 0.5) is 14.5 Å². The summed E-state index contributed by atoms with van der Waals surface area (Å²) in [5.74, 6) is -2.33. The van der Waals surface area contributed by atoms with Gasteiger partial charge in [0.1, 0.15) is 5.75 Å². The van der Waals surface area contributed by atoms with E-state index in [1.54, 1.807) is 7.05 Å². The second-order valence-electron chi connectivity index (χ2n) is 5.25. The maximum absolute atomic E-state index is 12.6. The summed E-state index contributed by atoms with van der Waals surface area (Å²) >= 11 is 0. The van der Waals surface area contributed by atoms with Crippen molar-refractivity contribution in [2.24, 2.45) is 5.92 Å². The van der Waals surface area contributed by atoms with E-state index < -0.39 is 24.4 Å². The lowest BCUT2D eigenvalue weighted by Crippen LogP contribution is -2.26. The van der Waals surface area contributed by atoms with E-state index in [1.807, 2.05) is 0 Å². The number of halogens is 2. The van der Waals surface area contributed by atoms with Gasteiger partial charge >= 0.3 is 12.6 Å². The van der Waals surface area contributed by atoms with Crippen LogP contribution in [-0.4, -0.2) is 50.0 Å². The molecule has 1 unspecified atom stereocenters. The van der Waals surface area contributed by atoms with E-state index in [1.165, 1.54) is 17.0 Å². The molecule has 0 radical (unpaired) electrons. The predicted octanol–water partition coefficient (Wildman–Crippen LogP) is 1.49. The smallest absolute Gasteiger partial charge is 0.387 e. The summed E-state index contributed by atoms with van der Waals surface area (Å²) in [5.41, 5.74) is -0.0168. The topological polar surface area (TPSA) is 84.9 Å². The van der Waals surface area contributed by atoms with Crippen LogP contribution in [0.15, 0.2) is 18.2 Å². The third kappa shape index (κ3) is 3.98. The monoisotopic (exact) mass is 342 g/mol. The molecule has 0 aliphatic carbocycles. The highest BCUT2D eigenvalue weighted by Gasteiger charge is 2.32. The second kappa shape index (κ2) is 7.24. The van der Waals surface area contributed by atoms with Crippen LogP contribution in [0.25, 0.3) is 0 Å². The van der Waals surface area contributed by atoms with E-state index in [4.69, 9.17) is 0 Å². The maximum atomic E-state index is 12.6. The minimum Gasteiger partial charge on any atom is -0.465 e. The van der Waals surface area contributed by atoms with Crippen molar-refractivity contribution in [2.45, 2.75) is 13.0 Å². The molecule has 0 saturated carbocycles. The molecule has 1 atom stereocenters. The van der Waals surface area contributed by atoms with Crippen LogP contribution in [-0.2, 0) is 14.3 Å². The van der Waals surface area contributed by atoms with Crippen LogP contribution in [0.2, 0.25) is 0 Å². The van der Waals surface area contributed by atoms with Gasteiger partial charge in [0.05, 0.1) is 24.3 Å². The van der Waals surface area contributed by atoms with Crippen LogP contribution in [0.1, 0.15) is 16.8 Å². The molecule has 1 N–H and O–H groups in total. The molecule has 1 aromatic rings. The molecule has 7 nitrogen and oxygen atoms in total. The third-order valence-electron chi connectivity index (χ3n) is 3.59. The number of rotatable bonds is 5. The molecule has 2 amide bonds. The number of alkyl halides is 2. The normalized spacial score (nSPS) is 17.1. The van der Waals surface area contributed by atoms with Crippen molar-refractivity contribution < 1.29 is 32.6 Å². The first-order valence-corrected chi connectivity index (χ1v) is 7.03. The quantitative estimate of drug-likeness (QED) is 0.820. The molecule has 1 saturated heterocycles. The number of ether oxygens (including phenoxy) is 2. The zero-order valence-corrected chi connectivity index (χ0v) is 13.0. The van der Waals surface area contributed by atoms with Crippen molar-refractivity contribution in [1.29, 1.82) is 0 Å². The summed E-state index contributed by atoms with van der Waals surface area (Å²) in [5, 5.41) is 2.45. The van der Waals surface area contributed by atoms with Gasteiger partial charge in [0.15, 0.2) is 0 Å². The predicted molar refractivity (Wildman–Crippen MR) is 78.8 cm³/mol. The first kappa shape index (κ1) is 17.6. The van der Waals surface area contributed by atoms with Crippen LogP contribution in [0, 0.1) is 5.92 Å². The van der Waals surface area contributed by atoms with Crippen LogP contribution < -0.4 is 10.1 Å². The average Bonchev–Trinajstić information content (AvgIpc) is 2.87. The molecule has 0 aromatic heterocycles. The van der Waals surface area contributed by atoms with Crippen molar-refractivity contribution in [3.8, 4) is 5.75 Å². The highest BCUT2D eigenvalue weighted by atomic mass is 19.3. The van der Waals surface area contributed by atoms with E-state index in [-0.39, 0.29) is 35.9 Å². The molecular formula is C15H16F2N2O5. The highest BCUT2D eigenvalue weighted by molar-refractivity contribution is 5.99. The number of carbonyl (C=O) groups is 3. The third-order valence-corrected chi connectivity index (χ3v) is 3.59. The molecule has 9 heteroatoms. The van der Waals surface area contributed by atoms with E-state index in [9.17, 15) is 23.2 Å². The lowest BCUT2D eigenvalue weighted by atomic mass is 10.1. The van der Waals surface area contributed by atoms with Crippen molar-refractivity contribution in [3.63, 3.8) is 0 Å². The van der Waals surface area contributed by atoms with Crippen molar-refractivity contribution in [1.82, 2.24) is 4.90 Å². The number of hydrogen-bond acceptors (Lipinski definition) is 5. The van der Waals surface area contributed by atoms with Crippen LogP contribution >= 0.6 is 0 Å². The van der Waals surface area contributed by atoms with Gasteiger partial charge < -0.3 is 19.7 Å². The Bertz CT molecular complexity index is 665. The largest absolute Gasteiger partial charge is 0.465 e. The lowest BCUT2D eigenvalue weighted by Gasteiger charge is -2.15. The lowest BCUT2D eigenvalue weighted by molar-refractivity contribution is -0.127. The molecule has 1 aliphatic heterocycles. The summed E-state index contributed by atoms with van der Waals surface area (Å²) < 4.78 is 34.0. The molecule has 1 heterocycles. The summed E-state index contributed by atoms with van der Waals surface area (Å²) in [4.78, 5) is 36.6. The fraction of sp³-hybridized carbons (Fsp3) is 0.400. The van der Waals surface area contributed by atoms with Crippen molar-refractivity contribution in [2.75, 3.05) is 26.0 Å². The summed E-state index contributed by atoms with van der Waals surface area (Å²) in [6, 6.07) is 3.63. The minimum atomic E-state index is -3.13. The van der Waals surface area contributed by atoms with Gasteiger partial charge in [-0.05, 0) is 18.2 Å². The van der Waals surface area contributed by atoms with Crippen molar-refractivity contribution in [3.05, 3.63) is 23.8 Å². The molecular weight excluding hydrogens is 326 g/mol. The molecule has 24 heavy (non-hydrogen) atoms. The summed E-state index contributed by atoms with van der Waals surface area (Å²) in [6.45, 7) is -2.89. The number of nitrogens with one attached hydrogen (secondary N) is 1. The number of benzene rings is 1. The zero-order chi connectivity index (χ0) is 17.9. The van der Waals surface area contributed by atoms with Gasteiger partial charge in [-0.15, -0.1) is 0 Å². The van der Waals surface area contributed by atoms with E-state index in [0.717, 1.165) is 13.2 Å². The van der Waals surface area contributed by atoms with Gasteiger partial charge in [0.25, 0.3) is 0 Å². The molecule has 1 aliphatic rings. The van der Waals surface area contributed by atoms with E-state index >= 15 is 0 Å². The number of likely N-dealkylation sites (tertiary alicyclic amines) is 1. The Balaban J connectivity index is 2.20. The zero-order valence-electron chi connectivity index (χ0n) is 13.0. The Morgan fingerprint density at radius 3 is 2.62 bits per heavy atom. The number of anilines is 1. The Hall–Kier alpha value is -2.71. The van der Waals surface area contributed by atoms with Gasteiger partial charge in [0, 0.05) is 20.0 Å². The minimum absolute atomic E-state index is 0.00178. The first-order chi connectivity index (χ1) is 11.3. The summed E-state index contributed by atoms with van der Waals surface area (Å²) in [6.07, 6.45) is 0.0492. The van der Waals surface area contributed by atoms with Gasteiger partial charge in [-0.2, -0.15) is 8.78 Å². The van der Waals surface area contributed by atoms with Gasteiger partial charge in [-0.3, -0.25) is 9.59 Å². The van der Waals surface area contributed by atoms with Gasteiger partial charge in [-0.25, -0.2) is 4.79 Å². The Morgan fingerprint density at radius 1 is 1.38 bits per heavy atom. The number of methoxy groups -OCH3 is 1. The molecule has 130 valence electrons. The van der Waals surface area contributed by atoms with E-state index in [0.29, 0.717) is 0 Å². The standard InChI is InChI=1S/C15H16F2N2O5/c1-19-7-9(6-12(19)20)13(21)18-10-4-3-8(14(22)23-2)5-11(10)24-15(16)17/h3-5,9,15H,6-7H2,1-2H3,(H,18,21). The first-order valence-electron chi connectivity index (χ1n) is 7.03. The number of amides is 2. The van der Waals surface area contributed by atoms with Crippen LogP contribution in [0.3, 0.4) is 0 Å². The molecule has 2 rings (SSSR count). The summed E-state index contributed by atoms with van der Waals surface area (Å²) in [7, 11) is 2.73. The van der Waals surface area contributed by atoms with Gasteiger partial charge in [0.2, 0.25) is 11.8 Å². The molecule has 1 fully saturated rings. The Labute approximate surface area is 136 Å². The maximum Gasteiger partial charge on any atom is 0.387 e. The molecule has 0 spiro atoms. The van der Waals surface area contributed by atoms with E-state index in [2.05, 4.69) is 14.8 Å². The van der Waals surface area contributed by atoms with Gasteiger partial charge in [-0.1, -0.05) is 0 Å². The van der Waals surface area contributed by atoms with Crippen molar-refractivity contribution >= 4 is 23.5 Å². The Morgan fingerprint density at radius 2 is 2.08 bits per heavy atom. The SMILES string of the molecule is COC(=O)c1ccc(NC(=O)C2CC(=O)N(C)C2)c(OC(F)F)c1. The highest BCUT2D eigenvalue weighted by Crippen LogP contribution is 2.29. The number of esters is 1. The fourth-order valence-corrected chi connectivity index (χ4v) is 2.34.